The van der Waals surface area contributed by atoms with Crippen molar-refractivity contribution in [3.8, 4) is 0 Å². The first-order valence-corrected chi connectivity index (χ1v) is 11.7. The lowest BCUT2D eigenvalue weighted by molar-refractivity contribution is -0.139. The molecule has 0 N–H and O–H groups in total. The number of ether oxygens (including phenoxy) is 1. The van der Waals surface area contributed by atoms with E-state index in [1.54, 1.807) is 9.80 Å². The van der Waals surface area contributed by atoms with Crippen molar-refractivity contribution >= 4 is 21.8 Å². The summed E-state index contributed by atoms with van der Waals surface area (Å²) in [6, 6.07) is -0.462. The van der Waals surface area contributed by atoms with E-state index in [2.05, 4.69) is 4.90 Å². The number of likely N-dealkylation sites (tertiary alicyclic amines) is 1. The first kappa shape index (κ1) is 21.9. The van der Waals surface area contributed by atoms with Crippen LogP contribution in [0.15, 0.2) is 0 Å². The largest absolute Gasteiger partial charge is 0.444 e. The van der Waals surface area contributed by atoms with Gasteiger partial charge in [-0.2, -0.15) is 0 Å². The molecule has 0 aromatic carbocycles. The third-order valence-electron chi connectivity index (χ3n) is 4.88. The summed E-state index contributed by atoms with van der Waals surface area (Å²) in [4.78, 5) is 31.0. The summed E-state index contributed by atoms with van der Waals surface area (Å²) in [7, 11) is -2.98. The van der Waals surface area contributed by atoms with Crippen LogP contribution in [0.1, 0.15) is 40.0 Å². The molecule has 0 saturated carbocycles. The van der Waals surface area contributed by atoms with Crippen LogP contribution in [0.3, 0.4) is 0 Å². The highest BCUT2D eigenvalue weighted by Crippen LogP contribution is 2.22. The van der Waals surface area contributed by atoms with Crippen LogP contribution >= 0.6 is 0 Å². The molecule has 0 aromatic heterocycles. The number of hydrogen-bond acceptors (Lipinski definition) is 6. The van der Waals surface area contributed by atoms with E-state index < -0.39 is 27.6 Å². The molecule has 8 nitrogen and oxygen atoms in total. The summed E-state index contributed by atoms with van der Waals surface area (Å²) in [5.74, 6) is 0.110. The van der Waals surface area contributed by atoms with Gasteiger partial charge in [0, 0.05) is 45.5 Å². The van der Waals surface area contributed by atoms with Gasteiger partial charge in [0.15, 0.2) is 0 Å². The van der Waals surface area contributed by atoms with E-state index >= 15 is 0 Å². The standard InChI is InChI=1S/C18H33N3O5S/c1-18(2,3)26-17(23)21-8-6-5-7-15(21)16(22)20-11-9-19(10-12-20)13-14-27(4,24)25/h15H,5-14H2,1-4H3. The normalized spacial score (nSPS) is 22.6. The van der Waals surface area contributed by atoms with Crippen LogP contribution in [0.5, 0.6) is 0 Å². The topological polar surface area (TPSA) is 87.2 Å². The monoisotopic (exact) mass is 403 g/mol. The molecule has 0 spiro atoms. The van der Waals surface area contributed by atoms with Crippen LogP contribution in [-0.2, 0) is 19.4 Å². The van der Waals surface area contributed by atoms with Crippen LogP contribution in [0.2, 0.25) is 0 Å². The Morgan fingerprint density at radius 2 is 1.67 bits per heavy atom. The molecule has 2 heterocycles. The second-order valence-electron chi connectivity index (χ2n) is 8.48. The minimum absolute atomic E-state index is 0.0247. The Morgan fingerprint density at radius 1 is 1.04 bits per heavy atom. The van der Waals surface area contributed by atoms with Crippen molar-refractivity contribution in [2.45, 2.75) is 51.7 Å². The van der Waals surface area contributed by atoms with Gasteiger partial charge in [-0.25, -0.2) is 13.2 Å². The molecular formula is C18H33N3O5S. The summed E-state index contributed by atoms with van der Waals surface area (Å²) in [6.45, 7) is 8.92. The Labute approximate surface area is 162 Å². The van der Waals surface area contributed by atoms with Crippen LogP contribution in [-0.4, -0.2) is 98.0 Å². The van der Waals surface area contributed by atoms with Gasteiger partial charge in [0.1, 0.15) is 21.5 Å². The summed E-state index contributed by atoms with van der Waals surface area (Å²) in [6.07, 6.45) is 3.27. The third kappa shape index (κ3) is 6.95. The van der Waals surface area contributed by atoms with Crippen molar-refractivity contribution in [2.24, 2.45) is 0 Å². The number of piperidine rings is 1. The Bertz CT molecular complexity index is 636. The average Bonchev–Trinajstić information content (AvgIpc) is 2.58. The summed E-state index contributed by atoms with van der Waals surface area (Å²) in [5.41, 5.74) is -0.590. The van der Waals surface area contributed by atoms with Crippen molar-refractivity contribution in [3.63, 3.8) is 0 Å². The number of sulfone groups is 1. The first-order valence-electron chi connectivity index (χ1n) is 9.65. The summed E-state index contributed by atoms with van der Waals surface area (Å²) in [5, 5.41) is 0. The molecule has 2 saturated heterocycles. The van der Waals surface area contributed by atoms with Gasteiger partial charge in [-0.1, -0.05) is 0 Å². The second kappa shape index (κ2) is 8.77. The first-order chi connectivity index (χ1) is 12.5. The lowest BCUT2D eigenvalue weighted by Gasteiger charge is -2.41. The molecule has 2 amide bonds. The maximum absolute atomic E-state index is 13.0. The maximum atomic E-state index is 13.0. The minimum atomic E-state index is -2.98. The Hall–Kier alpha value is -1.35. The van der Waals surface area contributed by atoms with Gasteiger partial charge in [-0.05, 0) is 40.0 Å². The molecule has 1 atom stereocenters. The highest BCUT2D eigenvalue weighted by molar-refractivity contribution is 7.90. The molecule has 156 valence electrons. The van der Waals surface area contributed by atoms with Crippen LogP contribution in [0.4, 0.5) is 4.79 Å². The number of hydrogen-bond donors (Lipinski definition) is 0. The zero-order chi connectivity index (χ0) is 20.2. The van der Waals surface area contributed by atoms with Crippen molar-refractivity contribution in [1.29, 1.82) is 0 Å². The fourth-order valence-corrected chi connectivity index (χ4v) is 4.01. The molecule has 0 aliphatic carbocycles. The lowest BCUT2D eigenvalue weighted by atomic mass is 10.0. The van der Waals surface area contributed by atoms with E-state index in [0.717, 1.165) is 12.8 Å². The van der Waals surface area contributed by atoms with Crippen LogP contribution in [0, 0.1) is 0 Å². The predicted molar refractivity (Wildman–Crippen MR) is 103 cm³/mol. The highest BCUT2D eigenvalue weighted by atomic mass is 32.2. The number of carbonyl (C=O) groups excluding carboxylic acids is 2. The summed E-state index contributed by atoms with van der Waals surface area (Å²) < 4.78 is 28.1. The van der Waals surface area contributed by atoms with Gasteiger partial charge in [0.25, 0.3) is 0 Å². The molecule has 2 rings (SSSR count). The molecular weight excluding hydrogens is 370 g/mol. The zero-order valence-electron chi connectivity index (χ0n) is 16.9. The van der Waals surface area contributed by atoms with Crippen LogP contribution in [0.25, 0.3) is 0 Å². The fraction of sp³-hybridized carbons (Fsp3) is 0.889. The van der Waals surface area contributed by atoms with Crippen molar-refractivity contribution < 1.29 is 22.7 Å². The van der Waals surface area contributed by atoms with Gasteiger partial charge in [0.05, 0.1) is 5.75 Å². The number of nitrogens with zero attached hydrogens (tertiary/aromatic N) is 3. The van der Waals surface area contributed by atoms with Gasteiger partial charge in [0.2, 0.25) is 5.91 Å². The van der Waals surface area contributed by atoms with Gasteiger partial charge >= 0.3 is 6.09 Å². The average molecular weight is 404 g/mol. The van der Waals surface area contributed by atoms with Gasteiger partial charge in [-0.15, -0.1) is 0 Å². The molecule has 27 heavy (non-hydrogen) atoms. The predicted octanol–water partition coefficient (Wildman–Crippen LogP) is 0.965. The molecule has 1 unspecified atom stereocenters. The molecule has 0 bridgehead atoms. The minimum Gasteiger partial charge on any atom is -0.444 e. The van der Waals surface area contributed by atoms with Gasteiger partial charge in [-0.3, -0.25) is 14.6 Å². The smallest absolute Gasteiger partial charge is 0.410 e. The number of carbonyl (C=O) groups is 2. The van der Waals surface area contributed by atoms with E-state index in [0.29, 0.717) is 45.7 Å². The SMILES string of the molecule is CC(C)(C)OC(=O)N1CCCCC1C(=O)N1CCN(CCS(C)(=O)=O)CC1. The third-order valence-corrected chi connectivity index (χ3v) is 5.80. The second-order valence-corrected chi connectivity index (χ2v) is 10.7. The summed E-state index contributed by atoms with van der Waals surface area (Å²) >= 11 is 0. The van der Waals surface area contributed by atoms with E-state index in [1.165, 1.54) is 6.26 Å². The van der Waals surface area contributed by atoms with Gasteiger partial charge < -0.3 is 9.64 Å². The fourth-order valence-electron chi connectivity index (χ4n) is 3.42. The van der Waals surface area contributed by atoms with Crippen LogP contribution < -0.4 is 0 Å². The molecule has 2 aliphatic rings. The molecule has 2 fully saturated rings. The Balaban J connectivity index is 1.92. The molecule has 9 heteroatoms. The van der Waals surface area contributed by atoms with E-state index in [-0.39, 0.29) is 11.7 Å². The van der Waals surface area contributed by atoms with E-state index in [4.69, 9.17) is 4.74 Å². The molecule has 0 aromatic rings. The van der Waals surface area contributed by atoms with Crippen molar-refractivity contribution in [1.82, 2.24) is 14.7 Å². The zero-order valence-corrected chi connectivity index (χ0v) is 17.8. The number of amides is 2. The Kier molecular flexibility index (Phi) is 7.13. The lowest BCUT2D eigenvalue weighted by Crippen LogP contribution is -2.57. The van der Waals surface area contributed by atoms with Crippen molar-refractivity contribution in [3.05, 3.63) is 0 Å². The number of piperazine rings is 1. The quantitative estimate of drug-likeness (QED) is 0.695. The number of rotatable bonds is 4. The van der Waals surface area contributed by atoms with E-state index in [1.807, 2.05) is 20.8 Å². The highest BCUT2D eigenvalue weighted by Gasteiger charge is 2.37. The maximum Gasteiger partial charge on any atom is 0.410 e. The molecule has 0 radical (unpaired) electrons. The molecule has 2 aliphatic heterocycles. The van der Waals surface area contributed by atoms with E-state index in [9.17, 15) is 18.0 Å². The van der Waals surface area contributed by atoms with Crippen molar-refractivity contribution in [2.75, 3.05) is 51.3 Å². The Morgan fingerprint density at radius 3 is 2.22 bits per heavy atom.